The molecule has 2 rings (SSSR count). The molecule has 4 nitrogen and oxygen atoms in total. The minimum atomic E-state index is -0.00623. The van der Waals surface area contributed by atoms with E-state index in [0.29, 0.717) is 5.88 Å². The average Bonchev–Trinajstić information content (AvgIpc) is 2.72. The first-order valence-corrected chi connectivity index (χ1v) is 4.83. The van der Waals surface area contributed by atoms with Crippen LogP contribution in [-0.2, 0) is 16.2 Å². The molecule has 0 amide bonds. The maximum atomic E-state index is 5.75. The normalized spacial score (nSPS) is 28.2. The molecule has 2 heterocycles. The molecule has 1 aliphatic heterocycles. The van der Waals surface area contributed by atoms with E-state index in [1.807, 2.05) is 4.57 Å². The fourth-order valence-corrected chi connectivity index (χ4v) is 1.83. The molecule has 0 bridgehead atoms. The highest BCUT2D eigenvalue weighted by Crippen LogP contribution is 2.27. The van der Waals surface area contributed by atoms with Crippen molar-refractivity contribution >= 4 is 11.6 Å². The van der Waals surface area contributed by atoms with Gasteiger partial charge in [-0.25, -0.2) is 0 Å². The smallest absolute Gasteiger partial charge is 0.148 e. The van der Waals surface area contributed by atoms with E-state index in [1.165, 1.54) is 0 Å². The highest BCUT2D eigenvalue weighted by Gasteiger charge is 2.33. The number of aromatic nitrogens is 3. The summed E-state index contributed by atoms with van der Waals surface area (Å²) in [5, 5.41) is 7.81. The monoisotopic (exact) mass is 201 g/mol. The van der Waals surface area contributed by atoms with Gasteiger partial charge in [0.25, 0.3) is 0 Å². The second kappa shape index (κ2) is 3.27. The van der Waals surface area contributed by atoms with Crippen LogP contribution in [0.3, 0.4) is 0 Å². The summed E-state index contributed by atoms with van der Waals surface area (Å²) >= 11 is 5.75. The second-order valence-corrected chi connectivity index (χ2v) is 3.82. The van der Waals surface area contributed by atoms with Crippen molar-refractivity contribution in [3.05, 3.63) is 12.2 Å². The van der Waals surface area contributed by atoms with E-state index in [2.05, 4.69) is 17.1 Å². The Morgan fingerprint density at radius 2 is 2.62 bits per heavy atom. The molecule has 0 spiro atoms. The van der Waals surface area contributed by atoms with Crippen LogP contribution in [0.15, 0.2) is 6.33 Å². The Morgan fingerprint density at radius 1 is 1.77 bits per heavy atom. The second-order valence-electron chi connectivity index (χ2n) is 3.55. The third-order valence-corrected chi connectivity index (χ3v) is 2.76. The van der Waals surface area contributed by atoms with Crippen LogP contribution in [0, 0.1) is 0 Å². The van der Waals surface area contributed by atoms with E-state index in [-0.39, 0.29) is 5.54 Å². The van der Waals surface area contributed by atoms with Crippen LogP contribution in [-0.4, -0.2) is 28.0 Å². The maximum absolute atomic E-state index is 5.75. The lowest BCUT2D eigenvalue weighted by molar-refractivity contribution is 0.160. The highest BCUT2D eigenvalue weighted by molar-refractivity contribution is 6.16. The van der Waals surface area contributed by atoms with E-state index in [4.69, 9.17) is 16.3 Å². The van der Waals surface area contributed by atoms with Gasteiger partial charge >= 0.3 is 0 Å². The quantitative estimate of drug-likeness (QED) is 0.674. The van der Waals surface area contributed by atoms with Crippen LogP contribution in [0.25, 0.3) is 0 Å². The maximum Gasteiger partial charge on any atom is 0.148 e. The SMILES string of the molecule is CC1(n2cnnc2CCl)CCOC1. The number of ether oxygens (including phenoxy) is 1. The minimum Gasteiger partial charge on any atom is -0.379 e. The van der Waals surface area contributed by atoms with Crippen molar-refractivity contribution in [1.29, 1.82) is 0 Å². The predicted octanol–water partition coefficient (Wildman–Crippen LogP) is 1.15. The summed E-state index contributed by atoms with van der Waals surface area (Å²) in [4.78, 5) is 0. The van der Waals surface area contributed by atoms with E-state index in [1.54, 1.807) is 6.33 Å². The zero-order valence-electron chi connectivity index (χ0n) is 7.53. The Hall–Kier alpha value is -0.610. The number of nitrogens with zero attached hydrogens (tertiary/aromatic N) is 3. The van der Waals surface area contributed by atoms with Gasteiger partial charge in [0.2, 0.25) is 0 Å². The van der Waals surface area contributed by atoms with E-state index >= 15 is 0 Å². The zero-order chi connectivity index (χ0) is 9.31. The summed E-state index contributed by atoms with van der Waals surface area (Å²) in [6.07, 6.45) is 2.72. The standard InChI is InChI=1S/C8H12ClN3O/c1-8(2-3-13-5-8)12-6-10-11-7(12)4-9/h6H,2-5H2,1H3. The lowest BCUT2D eigenvalue weighted by Gasteiger charge is -2.24. The van der Waals surface area contributed by atoms with Crippen molar-refractivity contribution in [2.45, 2.75) is 24.8 Å². The van der Waals surface area contributed by atoms with Gasteiger partial charge in [-0.3, -0.25) is 0 Å². The van der Waals surface area contributed by atoms with Crippen LogP contribution in [0.1, 0.15) is 19.2 Å². The molecule has 0 N–H and O–H groups in total. The summed E-state index contributed by atoms with van der Waals surface area (Å²) in [5.41, 5.74) is -0.00623. The molecular formula is C8H12ClN3O. The molecular weight excluding hydrogens is 190 g/mol. The Labute approximate surface area is 81.9 Å². The molecule has 0 aliphatic carbocycles. The van der Waals surface area contributed by atoms with Gasteiger partial charge in [0.15, 0.2) is 0 Å². The van der Waals surface area contributed by atoms with Gasteiger partial charge in [0, 0.05) is 6.61 Å². The molecule has 1 saturated heterocycles. The van der Waals surface area contributed by atoms with Crippen molar-refractivity contribution in [3.63, 3.8) is 0 Å². The number of hydrogen-bond acceptors (Lipinski definition) is 3. The molecule has 0 radical (unpaired) electrons. The van der Waals surface area contributed by atoms with Crippen molar-refractivity contribution < 1.29 is 4.74 Å². The first-order chi connectivity index (χ1) is 6.26. The van der Waals surface area contributed by atoms with Crippen LogP contribution >= 0.6 is 11.6 Å². The van der Waals surface area contributed by atoms with Crippen molar-refractivity contribution in [1.82, 2.24) is 14.8 Å². The summed E-state index contributed by atoms with van der Waals surface area (Å²) in [7, 11) is 0. The Morgan fingerprint density at radius 3 is 3.23 bits per heavy atom. The van der Waals surface area contributed by atoms with Crippen molar-refractivity contribution in [2.24, 2.45) is 0 Å². The molecule has 13 heavy (non-hydrogen) atoms. The van der Waals surface area contributed by atoms with E-state index in [9.17, 15) is 0 Å². The van der Waals surface area contributed by atoms with Gasteiger partial charge < -0.3 is 9.30 Å². The van der Waals surface area contributed by atoms with Crippen LogP contribution in [0.5, 0.6) is 0 Å². The van der Waals surface area contributed by atoms with Gasteiger partial charge in [-0.1, -0.05) is 0 Å². The van der Waals surface area contributed by atoms with Gasteiger partial charge in [0.05, 0.1) is 18.0 Å². The van der Waals surface area contributed by atoms with Crippen LogP contribution in [0.4, 0.5) is 0 Å². The summed E-state index contributed by atoms with van der Waals surface area (Å²) in [6, 6.07) is 0. The van der Waals surface area contributed by atoms with Gasteiger partial charge in [0.1, 0.15) is 12.2 Å². The summed E-state index contributed by atoms with van der Waals surface area (Å²) < 4.78 is 7.38. The molecule has 1 aliphatic rings. The highest BCUT2D eigenvalue weighted by atomic mass is 35.5. The third kappa shape index (κ3) is 1.44. The lowest BCUT2D eigenvalue weighted by atomic mass is 10.0. The Kier molecular flexibility index (Phi) is 2.26. The Bertz CT molecular complexity index is 293. The number of rotatable bonds is 2. The lowest BCUT2D eigenvalue weighted by Crippen LogP contribution is -2.31. The predicted molar refractivity (Wildman–Crippen MR) is 48.7 cm³/mol. The third-order valence-electron chi connectivity index (χ3n) is 2.52. The topological polar surface area (TPSA) is 39.9 Å². The first kappa shape index (κ1) is 8.97. The van der Waals surface area contributed by atoms with Crippen LogP contribution < -0.4 is 0 Å². The largest absolute Gasteiger partial charge is 0.379 e. The summed E-state index contributed by atoms with van der Waals surface area (Å²) in [5.74, 6) is 1.21. The minimum absolute atomic E-state index is 0.00623. The van der Waals surface area contributed by atoms with Crippen molar-refractivity contribution in [3.8, 4) is 0 Å². The molecule has 1 atom stereocenters. The van der Waals surface area contributed by atoms with Gasteiger partial charge in [-0.2, -0.15) is 0 Å². The first-order valence-electron chi connectivity index (χ1n) is 4.29. The Balaban J connectivity index is 2.32. The molecule has 5 heteroatoms. The molecule has 1 aromatic heterocycles. The molecule has 1 unspecified atom stereocenters. The van der Waals surface area contributed by atoms with Crippen molar-refractivity contribution in [2.75, 3.05) is 13.2 Å². The van der Waals surface area contributed by atoms with Crippen LogP contribution in [0.2, 0.25) is 0 Å². The number of hydrogen-bond donors (Lipinski definition) is 0. The fraction of sp³-hybridized carbons (Fsp3) is 0.750. The summed E-state index contributed by atoms with van der Waals surface area (Å²) in [6.45, 7) is 3.66. The molecule has 72 valence electrons. The average molecular weight is 202 g/mol. The van der Waals surface area contributed by atoms with E-state index < -0.39 is 0 Å². The molecule has 0 saturated carbocycles. The van der Waals surface area contributed by atoms with Gasteiger partial charge in [-0.15, -0.1) is 21.8 Å². The molecule has 0 aromatic carbocycles. The molecule has 1 aromatic rings. The van der Waals surface area contributed by atoms with E-state index in [0.717, 1.165) is 25.5 Å². The molecule has 1 fully saturated rings. The number of alkyl halides is 1. The fourth-order valence-electron chi connectivity index (χ4n) is 1.65. The van der Waals surface area contributed by atoms with Gasteiger partial charge in [-0.05, 0) is 13.3 Å². The zero-order valence-corrected chi connectivity index (χ0v) is 8.29. The number of halogens is 1.